The zero-order valence-corrected chi connectivity index (χ0v) is 12.8. The van der Waals surface area contributed by atoms with Gasteiger partial charge < -0.3 is 19.0 Å². The number of carbonyl (C=O) groups excluding carboxylic acids is 1. The minimum absolute atomic E-state index is 0.0173. The summed E-state index contributed by atoms with van der Waals surface area (Å²) in [6, 6.07) is 8.91. The highest BCUT2D eigenvalue weighted by atomic mass is 16.5. The number of ether oxygens (including phenoxy) is 1. The van der Waals surface area contributed by atoms with Crippen molar-refractivity contribution in [2.24, 2.45) is 7.05 Å². The van der Waals surface area contributed by atoms with Crippen LogP contribution in [0.25, 0.3) is 10.9 Å². The largest absolute Gasteiger partial charge is 0.477 e. The predicted octanol–water partition coefficient (Wildman–Crippen LogP) is 2.46. The number of amides is 1. The van der Waals surface area contributed by atoms with Crippen LogP contribution in [0.3, 0.4) is 0 Å². The Labute approximate surface area is 132 Å². The number of fused-ring (bicyclic) bond motifs is 1. The summed E-state index contributed by atoms with van der Waals surface area (Å²) < 4.78 is 12.3. The van der Waals surface area contributed by atoms with Crippen molar-refractivity contribution in [1.29, 1.82) is 0 Å². The fourth-order valence-electron chi connectivity index (χ4n) is 2.34. The number of hydrogen-bond donors (Lipinski definition) is 1. The van der Waals surface area contributed by atoms with E-state index in [-0.39, 0.29) is 23.7 Å². The first-order valence-corrected chi connectivity index (χ1v) is 7.11. The summed E-state index contributed by atoms with van der Waals surface area (Å²) in [5.74, 6) is 0.160. The third-order valence-corrected chi connectivity index (χ3v) is 3.49. The molecule has 23 heavy (non-hydrogen) atoms. The summed E-state index contributed by atoms with van der Waals surface area (Å²) in [5.41, 5.74) is 1.40. The normalized spacial score (nSPS) is 10.7. The second-order valence-electron chi connectivity index (χ2n) is 5.22. The Balaban J connectivity index is 1.70. The second kappa shape index (κ2) is 6.00. The summed E-state index contributed by atoms with van der Waals surface area (Å²) in [6.45, 7) is 1.40. The van der Waals surface area contributed by atoms with Crippen LogP contribution in [0.15, 0.2) is 52.0 Å². The van der Waals surface area contributed by atoms with Gasteiger partial charge in [0.05, 0.1) is 5.69 Å². The van der Waals surface area contributed by atoms with Crippen molar-refractivity contribution in [3.8, 4) is 5.75 Å². The van der Waals surface area contributed by atoms with Gasteiger partial charge in [0.2, 0.25) is 11.2 Å². The fourth-order valence-corrected chi connectivity index (χ4v) is 2.34. The van der Waals surface area contributed by atoms with E-state index >= 15 is 0 Å². The average molecular weight is 312 g/mol. The van der Waals surface area contributed by atoms with Gasteiger partial charge in [-0.3, -0.25) is 9.59 Å². The Morgan fingerprint density at radius 1 is 1.35 bits per heavy atom. The standard InChI is InChI=1S/C17H16N2O4/c1-11-8-15(20)16(9-22-11)23-10-17(21)18-13-4-3-5-14-12(13)6-7-19(14)2/h3-9H,10H2,1-2H3,(H,18,21). The maximum Gasteiger partial charge on any atom is 0.262 e. The van der Waals surface area contributed by atoms with Crippen LogP contribution in [0, 0.1) is 6.92 Å². The van der Waals surface area contributed by atoms with E-state index in [1.807, 2.05) is 42.1 Å². The van der Waals surface area contributed by atoms with Crippen molar-refractivity contribution in [2.45, 2.75) is 6.92 Å². The van der Waals surface area contributed by atoms with Crippen LogP contribution in [0.1, 0.15) is 5.76 Å². The molecule has 0 aliphatic rings. The molecular weight excluding hydrogens is 296 g/mol. The van der Waals surface area contributed by atoms with Gasteiger partial charge in [-0.1, -0.05) is 6.07 Å². The molecule has 118 valence electrons. The molecule has 1 aromatic carbocycles. The first kappa shape index (κ1) is 14.9. The maximum atomic E-state index is 12.0. The highest BCUT2D eigenvalue weighted by molar-refractivity contribution is 6.01. The molecule has 0 saturated carbocycles. The van der Waals surface area contributed by atoms with E-state index in [4.69, 9.17) is 9.15 Å². The number of nitrogens with one attached hydrogen (secondary N) is 1. The highest BCUT2D eigenvalue weighted by Gasteiger charge is 2.10. The quantitative estimate of drug-likeness (QED) is 0.803. The molecular formula is C17H16N2O4. The van der Waals surface area contributed by atoms with Gasteiger partial charge in [-0.25, -0.2) is 0 Å². The van der Waals surface area contributed by atoms with Crippen molar-refractivity contribution in [3.63, 3.8) is 0 Å². The smallest absolute Gasteiger partial charge is 0.262 e. The van der Waals surface area contributed by atoms with E-state index in [1.165, 1.54) is 12.3 Å². The van der Waals surface area contributed by atoms with Crippen LogP contribution in [-0.2, 0) is 11.8 Å². The van der Waals surface area contributed by atoms with Crippen molar-refractivity contribution >= 4 is 22.5 Å². The molecule has 0 aliphatic carbocycles. The first-order chi connectivity index (χ1) is 11.0. The fraction of sp³-hybridized carbons (Fsp3) is 0.176. The van der Waals surface area contributed by atoms with E-state index in [9.17, 15) is 9.59 Å². The molecule has 0 atom stereocenters. The van der Waals surface area contributed by atoms with Crippen molar-refractivity contribution in [2.75, 3.05) is 11.9 Å². The Hall–Kier alpha value is -3.02. The highest BCUT2D eigenvalue weighted by Crippen LogP contribution is 2.23. The molecule has 2 heterocycles. The zero-order valence-electron chi connectivity index (χ0n) is 12.8. The second-order valence-corrected chi connectivity index (χ2v) is 5.22. The summed E-state index contributed by atoms with van der Waals surface area (Å²) in [5, 5.41) is 3.73. The molecule has 3 rings (SSSR count). The summed E-state index contributed by atoms with van der Waals surface area (Å²) in [4.78, 5) is 23.7. The van der Waals surface area contributed by atoms with Crippen LogP contribution in [0.4, 0.5) is 5.69 Å². The SMILES string of the molecule is Cc1cc(=O)c(OCC(=O)Nc2cccc3c2ccn3C)co1. The minimum atomic E-state index is -0.346. The molecule has 0 saturated heterocycles. The lowest BCUT2D eigenvalue weighted by Crippen LogP contribution is -2.22. The number of aryl methyl sites for hydroxylation is 2. The average Bonchev–Trinajstić information content (AvgIpc) is 2.89. The lowest BCUT2D eigenvalue weighted by Gasteiger charge is -2.08. The first-order valence-electron chi connectivity index (χ1n) is 7.11. The van der Waals surface area contributed by atoms with Crippen LogP contribution < -0.4 is 15.5 Å². The minimum Gasteiger partial charge on any atom is -0.477 e. The van der Waals surface area contributed by atoms with Gasteiger partial charge in [0, 0.05) is 30.2 Å². The number of hydrogen-bond acceptors (Lipinski definition) is 4. The molecule has 6 nitrogen and oxygen atoms in total. The van der Waals surface area contributed by atoms with Gasteiger partial charge >= 0.3 is 0 Å². The van der Waals surface area contributed by atoms with E-state index in [2.05, 4.69) is 5.32 Å². The molecule has 6 heteroatoms. The number of carbonyl (C=O) groups is 1. The number of benzene rings is 1. The van der Waals surface area contributed by atoms with E-state index in [1.54, 1.807) is 6.92 Å². The molecule has 0 radical (unpaired) electrons. The van der Waals surface area contributed by atoms with E-state index in [0.717, 1.165) is 10.9 Å². The molecule has 2 aromatic heterocycles. The molecule has 0 unspecified atom stereocenters. The summed E-state index contributed by atoms with van der Waals surface area (Å²) in [7, 11) is 1.94. The molecule has 3 aromatic rings. The molecule has 1 N–H and O–H groups in total. The predicted molar refractivity (Wildman–Crippen MR) is 86.8 cm³/mol. The van der Waals surface area contributed by atoms with E-state index < -0.39 is 0 Å². The maximum absolute atomic E-state index is 12.0. The van der Waals surface area contributed by atoms with Gasteiger partial charge in [-0.15, -0.1) is 0 Å². The van der Waals surface area contributed by atoms with Gasteiger partial charge in [-0.05, 0) is 25.1 Å². The van der Waals surface area contributed by atoms with Crippen molar-refractivity contribution in [3.05, 3.63) is 58.8 Å². The number of aromatic nitrogens is 1. The molecule has 0 bridgehead atoms. The zero-order chi connectivity index (χ0) is 16.4. The van der Waals surface area contributed by atoms with E-state index in [0.29, 0.717) is 11.4 Å². The molecule has 0 fully saturated rings. The van der Waals surface area contributed by atoms with Gasteiger partial charge in [0.15, 0.2) is 6.61 Å². The Morgan fingerprint density at radius 2 is 2.17 bits per heavy atom. The van der Waals surface area contributed by atoms with Crippen LogP contribution >= 0.6 is 0 Å². The lowest BCUT2D eigenvalue weighted by atomic mass is 10.2. The monoisotopic (exact) mass is 312 g/mol. The lowest BCUT2D eigenvalue weighted by molar-refractivity contribution is -0.118. The third kappa shape index (κ3) is 3.11. The van der Waals surface area contributed by atoms with Gasteiger partial charge in [0.25, 0.3) is 5.91 Å². The number of anilines is 1. The topological polar surface area (TPSA) is 73.5 Å². The number of nitrogens with zero attached hydrogens (tertiary/aromatic N) is 1. The molecule has 0 aliphatic heterocycles. The van der Waals surface area contributed by atoms with Crippen molar-refractivity contribution in [1.82, 2.24) is 4.57 Å². The van der Waals surface area contributed by atoms with Crippen molar-refractivity contribution < 1.29 is 13.9 Å². The third-order valence-electron chi connectivity index (χ3n) is 3.49. The Kier molecular flexibility index (Phi) is 3.89. The van der Waals surface area contributed by atoms with Gasteiger partial charge in [0.1, 0.15) is 12.0 Å². The summed E-state index contributed by atoms with van der Waals surface area (Å²) >= 11 is 0. The van der Waals surface area contributed by atoms with Gasteiger partial charge in [-0.2, -0.15) is 0 Å². The summed E-state index contributed by atoms with van der Waals surface area (Å²) in [6.07, 6.45) is 3.14. The van der Waals surface area contributed by atoms with Crippen LogP contribution in [0.5, 0.6) is 5.75 Å². The Morgan fingerprint density at radius 3 is 2.96 bits per heavy atom. The van der Waals surface area contributed by atoms with Crippen LogP contribution in [-0.4, -0.2) is 17.1 Å². The molecule has 0 spiro atoms. The Bertz CT molecular complexity index is 924. The molecule has 1 amide bonds. The van der Waals surface area contributed by atoms with Crippen LogP contribution in [0.2, 0.25) is 0 Å². The number of rotatable bonds is 4.